The minimum atomic E-state index is -1.06. The smallest absolute Gasteiger partial charge is 0.129 e. The first-order chi connectivity index (χ1) is 7.65. The van der Waals surface area contributed by atoms with Crippen molar-refractivity contribution in [2.75, 3.05) is 6.54 Å². The van der Waals surface area contributed by atoms with E-state index in [1.54, 1.807) is 6.07 Å². The zero-order chi connectivity index (χ0) is 12.0. The van der Waals surface area contributed by atoms with Crippen molar-refractivity contribution in [3.05, 3.63) is 39.5 Å². The fourth-order valence-electron chi connectivity index (χ4n) is 1.22. The molecule has 0 fully saturated rings. The second kappa shape index (κ2) is 6.30. The molecule has 1 heterocycles. The Bertz CT molecular complexity index is 395. The van der Waals surface area contributed by atoms with Crippen LogP contribution in [0.3, 0.4) is 0 Å². The van der Waals surface area contributed by atoms with Gasteiger partial charge in [0.05, 0.1) is 6.10 Å². The maximum absolute atomic E-state index is 9.74. The van der Waals surface area contributed by atoms with Gasteiger partial charge in [-0.1, -0.05) is 16.7 Å². The first kappa shape index (κ1) is 12.7. The largest absolute Gasteiger partial charge is 0.390 e. The summed E-state index contributed by atoms with van der Waals surface area (Å²) in [6, 6.07) is 3.04. The third-order valence-electron chi connectivity index (χ3n) is 2.04. The second-order valence-electron chi connectivity index (χ2n) is 3.17. The molecule has 1 aromatic rings. The van der Waals surface area contributed by atoms with E-state index in [1.807, 2.05) is 0 Å². The third-order valence-corrected chi connectivity index (χ3v) is 2.25. The molecule has 0 aliphatic heterocycles. The van der Waals surface area contributed by atoms with E-state index in [9.17, 15) is 10.2 Å². The van der Waals surface area contributed by atoms with E-state index in [0.717, 1.165) is 0 Å². The lowest BCUT2D eigenvalue weighted by Crippen LogP contribution is -2.19. The minimum absolute atomic E-state index is 0.132. The SMILES string of the molecule is [N-]=[N+]=NCCC(O)C(O)c1ccnc(Cl)c1. The monoisotopic (exact) mass is 242 g/mol. The van der Waals surface area contributed by atoms with Crippen LogP contribution in [0, 0.1) is 0 Å². The number of hydrogen-bond donors (Lipinski definition) is 2. The van der Waals surface area contributed by atoms with E-state index in [2.05, 4.69) is 15.0 Å². The first-order valence-corrected chi connectivity index (χ1v) is 5.01. The fraction of sp³-hybridized carbons (Fsp3) is 0.444. The van der Waals surface area contributed by atoms with Crippen molar-refractivity contribution in [1.82, 2.24) is 4.98 Å². The Labute approximate surface area is 97.1 Å². The van der Waals surface area contributed by atoms with Crippen LogP contribution >= 0.6 is 11.6 Å². The number of hydrogen-bond acceptors (Lipinski definition) is 4. The number of nitrogens with zero attached hydrogens (tertiary/aromatic N) is 4. The van der Waals surface area contributed by atoms with Crippen LogP contribution in [0.5, 0.6) is 0 Å². The fourth-order valence-corrected chi connectivity index (χ4v) is 1.40. The molecule has 0 bridgehead atoms. The van der Waals surface area contributed by atoms with Crippen molar-refractivity contribution in [2.45, 2.75) is 18.6 Å². The summed E-state index contributed by atoms with van der Waals surface area (Å²) in [4.78, 5) is 6.32. The van der Waals surface area contributed by atoms with Crippen LogP contribution in [0.1, 0.15) is 18.1 Å². The highest BCUT2D eigenvalue weighted by Crippen LogP contribution is 2.20. The number of aliphatic hydroxyl groups excluding tert-OH is 2. The molecule has 2 unspecified atom stereocenters. The van der Waals surface area contributed by atoms with Gasteiger partial charge in [0.2, 0.25) is 0 Å². The molecule has 1 rings (SSSR count). The highest BCUT2D eigenvalue weighted by atomic mass is 35.5. The lowest BCUT2D eigenvalue weighted by Gasteiger charge is -2.17. The zero-order valence-electron chi connectivity index (χ0n) is 8.36. The molecular weight excluding hydrogens is 232 g/mol. The Morgan fingerprint density at radius 3 is 2.94 bits per heavy atom. The summed E-state index contributed by atoms with van der Waals surface area (Å²) in [6.07, 6.45) is -0.426. The van der Waals surface area contributed by atoms with Gasteiger partial charge >= 0.3 is 0 Å². The van der Waals surface area contributed by atoms with E-state index in [4.69, 9.17) is 17.1 Å². The van der Waals surface area contributed by atoms with E-state index in [1.165, 1.54) is 12.3 Å². The van der Waals surface area contributed by atoms with Crippen LogP contribution in [0.25, 0.3) is 10.4 Å². The molecule has 7 heteroatoms. The Morgan fingerprint density at radius 2 is 2.31 bits per heavy atom. The molecule has 0 aliphatic rings. The molecule has 2 N–H and O–H groups in total. The van der Waals surface area contributed by atoms with Crippen molar-refractivity contribution < 1.29 is 10.2 Å². The summed E-state index contributed by atoms with van der Waals surface area (Å²) < 4.78 is 0. The van der Waals surface area contributed by atoms with E-state index in [0.29, 0.717) is 5.56 Å². The van der Waals surface area contributed by atoms with E-state index < -0.39 is 12.2 Å². The van der Waals surface area contributed by atoms with Crippen LogP contribution in [-0.2, 0) is 0 Å². The van der Waals surface area contributed by atoms with Gasteiger partial charge in [-0.3, -0.25) is 0 Å². The molecule has 0 saturated carbocycles. The molecule has 6 nitrogen and oxygen atoms in total. The number of aromatic nitrogens is 1. The van der Waals surface area contributed by atoms with E-state index >= 15 is 0 Å². The van der Waals surface area contributed by atoms with Crippen LogP contribution < -0.4 is 0 Å². The number of pyridine rings is 1. The Morgan fingerprint density at radius 1 is 1.56 bits per heavy atom. The standard InChI is InChI=1S/C9H11ClN4O2/c10-8-5-6(1-3-12-8)9(16)7(15)2-4-13-14-11/h1,3,5,7,9,15-16H,2,4H2. The molecule has 0 spiro atoms. The molecule has 0 aliphatic carbocycles. The summed E-state index contributed by atoms with van der Waals surface area (Å²) >= 11 is 5.65. The average Bonchev–Trinajstić information content (AvgIpc) is 2.28. The molecule has 86 valence electrons. The van der Waals surface area contributed by atoms with Crippen LogP contribution in [0.15, 0.2) is 23.4 Å². The van der Waals surface area contributed by atoms with Gasteiger partial charge in [0.15, 0.2) is 0 Å². The molecule has 0 radical (unpaired) electrons. The van der Waals surface area contributed by atoms with Gasteiger partial charge in [0, 0.05) is 17.7 Å². The van der Waals surface area contributed by atoms with Crippen molar-refractivity contribution in [3.63, 3.8) is 0 Å². The highest BCUT2D eigenvalue weighted by Gasteiger charge is 2.17. The number of halogens is 1. The lowest BCUT2D eigenvalue weighted by atomic mass is 10.0. The first-order valence-electron chi connectivity index (χ1n) is 4.63. The lowest BCUT2D eigenvalue weighted by molar-refractivity contribution is 0.0150. The molecule has 16 heavy (non-hydrogen) atoms. The van der Waals surface area contributed by atoms with Crippen molar-refractivity contribution >= 4 is 11.6 Å². The molecule has 2 atom stereocenters. The number of azide groups is 1. The summed E-state index contributed by atoms with van der Waals surface area (Å²) in [5, 5.41) is 22.9. The molecule has 0 amide bonds. The molecule has 0 aromatic carbocycles. The Hall–Kier alpha value is -1.33. The van der Waals surface area contributed by atoms with Gasteiger partial charge in [-0.15, -0.1) is 0 Å². The van der Waals surface area contributed by atoms with Gasteiger partial charge in [0.1, 0.15) is 11.3 Å². The molecule has 0 saturated heterocycles. The maximum atomic E-state index is 9.74. The van der Waals surface area contributed by atoms with Gasteiger partial charge in [0.25, 0.3) is 0 Å². The van der Waals surface area contributed by atoms with Crippen LogP contribution in [0.2, 0.25) is 5.15 Å². The summed E-state index contributed by atoms with van der Waals surface area (Å²) in [7, 11) is 0. The van der Waals surface area contributed by atoms with Crippen molar-refractivity contribution in [1.29, 1.82) is 0 Å². The minimum Gasteiger partial charge on any atom is -0.390 e. The number of aliphatic hydroxyl groups is 2. The topological polar surface area (TPSA) is 102 Å². The van der Waals surface area contributed by atoms with E-state index in [-0.39, 0.29) is 18.1 Å². The average molecular weight is 243 g/mol. The van der Waals surface area contributed by atoms with Gasteiger partial charge in [-0.05, 0) is 29.6 Å². The van der Waals surface area contributed by atoms with Gasteiger partial charge < -0.3 is 10.2 Å². The summed E-state index contributed by atoms with van der Waals surface area (Å²) in [6.45, 7) is 0.132. The van der Waals surface area contributed by atoms with Crippen molar-refractivity contribution in [2.24, 2.45) is 5.11 Å². The highest BCUT2D eigenvalue weighted by molar-refractivity contribution is 6.29. The maximum Gasteiger partial charge on any atom is 0.129 e. The number of rotatable bonds is 5. The Balaban J connectivity index is 2.62. The zero-order valence-corrected chi connectivity index (χ0v) is 9.12. The Kier molecular flexibility index (Phi) is 5.01. The van der Waals surface area contributed by atoms with Crippen LogP contribution in [-0.4, -0.2) is 27.8 Å². The second-order valence-corrected chi connectivity index (χ2v) is 3.55. The normalized spacial score (nSPS) is 13.9. The van der Waals surface area contributed by atoms with Crippen LogP contribution in [0.4, 0.5) is 0 Å². The third kappa shape index (κ3) is 3.67. The van der Waals surface area contributed by atoms with Gasteiger partial charge in [-0.25, -0.2) is 4.98 Å². The molecule has 1 aromatic heterocycles. The summed E-state index contributed by atoms with van der Waals surface area (Å²) in [5.74, 6) is 0. The quantitative estimate of drug-likeness (QED) is 0.356. The molecular formula is C9H11ClN4O2. The van der Waals surface area contributed by atoms with Gasteiger partial charge in [-0.2, -0.15) is 0 Å². The van der Waals surface area contributed by atoms with Crippen molar-refractivity contribution in [3.8, 4) is 0 Å². The predicted molar refractivity (Wildman–Crippen MR) is 58.8 cm³/mol. The predicted octanol–water partition coefficient (Wildman–Crippen LogP) is 1.83. The summed E-state index contributed by atoms with van der Waals surface area (Å²) in [5.41, 5.74) is 8.54.